The first-order valence-corrected chi connectivity index (χ1v) is 6.46. The minimum absolute atomic E-state index is 0.278. The second-order valence-corrected chi connectivity index (χ2v) is 5.03. The molecule has 0 aliphatic carbocycles. The van der Waals surface area contributed by atoms with Crippen LogP contribution in [0.3, 0.4) is 0 Å². The highest BCUT2D eigenvalue weighted by molar-refractivity contribution is 5.95. The van der Waals surface area contributed by atoms with Crippen molar-refractivity contribution in [3.8, 4) is 5.75 Å². The van der Waals surface area contributed by atoms with Gasteiger partial charge >= 0.3 is 5.97 Å². The van der Waals surface area contributed by atoms with E-state index in [1.54, 1.807) is 33.1 Å². The van der Waals surface area contributed by atoms with E-state index in [1.807, 2.05) is 13.8 Å². The van der Waals surface area contributed by atoms with Crippen molar-refractivity contribution in [2.45, 2.75) is 33.7 Å². The van der Waals surface area contributed by atoms with Crippen LogP contribution in [0.15, 0.2) is 12.1 Å². The van der Waals surface area contributed by atoms with Gasteiger partial charge in [-0.1, -0.05) is 0 Å². The monoisotopic (exact) mass is 279 g/mol. The molecular formula is C15H21NO4. The molecule has 2 unspecified atom stereocenters. The molecule has 0 saturated carbocycles. The number of methoxy groups -OCH3 is 1. The van der Waals surface area contributed by atoms with Crippen LogP contribution in [-0.2, 0) is 4.79 Å². The van der Waals surface area contributed by atoms with Gasteiger partial charge in [-0.05, 0) is 51.0 Å². The number of ether oxygens (including phenoxy) is 1. The summed E-state index contributed by atoms with van der Waals surface area (Å²) in [5.41, 5.74) is 2.25. The molecule has 0 aliphatic rings. The number of carboxylic acids is 1. The Kier molecular flexibility index (Phi) is 5.13. The van der Waals surface area contributed by atoms with Gasteiger partial charge in [-0.25, -0.2) is 0 Å². The molecule has 1 aromatic rings. The first-order chi connectivity index (χ1) is 9.27. The van der Waals surface area contributed by atoms with Gasteiger partial charge < -0.3 is 15.2 Å². The Morgan fingerprint density at radius 3 is 2.10 bits per heavy atom. The summed E-state index contributed by atoms with van der Waals surface area (Å²) >= 11 is 0. The Morgan fingerprint density at radius 2 is 1.70 bits per heavy atom. The standard InChI is InChI=1S/C15H21NO4/c1-8-6-12(7-9(2)13(8)20-5)14(17)16-11(4)10(3)15(18)19/h6-7,10-11H,1-5H3,(H,16,17)(H,18,19). The fourth-order valence-corrected chi connectivity index (χ4v) is 2.03. The molecule has 0 fully saturated rings. The Morgan fingerprint density at radius 1 is 1.20 bits per heavy atom. The van der Waals surface area contributed by atoms with E-state index in [9.17, 15) is 9.59 Å². The first-order valence-electron chi connectivity index (χ1n) is 6.46. The molecule has 5 heteroatoms. The number of aliphatic carboxylic acids is 1. The number of hydrogen-bond acceptors (Lipinski definition) is 3. The molecule has 110 valence electrons. The van der Waals surface area contributed by atoms with Gasteiger partial charge in [-0.15, -0.1) is 0 Å². The van der Waals surface area contributed by atoms with Crippen LogP contribution in [-0.4, -0.2) is 30.1 Å². The van der Waals surface area contributed by atoms with Crippen molar-refractivity contribution in [3.05, 3.63) is 28.8 Å². The van der Waals surface area contributed by atoms with E-state index >= 15 is 0 Å². The van der Waals surface area contributed by atoms with Gasteiger partial charge in [0, 0.05) is 11.6 Å². The molecule has 1 aromatic carbocycles. The number of carboxylic acid groups (broad SMARTS) is 1. The molecule has 5 nitrogen and oxygen atoms in total. The lowest BCUT2D eigenvalue weighted by atomic mass is 10.0. The molecule has 0 bridgehead atoms. The van der Waals surface area contributed by atoms with Crippen LogP contribution < -0.4 is 10.1 Å². The molecule has 20 heavy (non-hydrogen) atoms. The molecule has 0 spiro atoms. The maximum absolute atomic E-state index is 12.1. The van der Waals surface area contributed by atoms with Gasteiger partial charge in [0.15, 0.2) is 0 Å². The lowest BCUT2D eigenvalue weighted by molar-refractivity contribution is -0.141. The number of amides is 1. The number of carbonyl (C=O) groups excluding carboxylic acids is 1. The van der Waals surface area contributed by atoms with Crippen LogP contribution in [0.1, 0.15) is 35.3 Å². The SMILES string of the molecule is COc1c(C)cc(C(=O)NC(C)C(C)C(=O)O)cc1C. The summed E-state index contributed by atoms with van der Waals surface area (Å²) in [6, 6.07) is 3.03. The Bertz CT molecular complexity index is 502. The lowest BCUT2D eigenvalue weighted by Gasteiger charge is -2.18. The summed E-state index contributed by atoms with van der Waals surface area (Å²) in [6.45, 7) is 6.98. The molecule has 0 heterocycles. The summed E-state index contributed by atoms with van der Waals surface area (Å²) in [5.74, 6) is -1.09. The van der Waals surface area contributed by atoms with Crippen LogP contribution in [0.25, 0.3) is 0 Å². The Balaban J connectivity index is 2.91. The van der Waals surface area contributed by atoms with Crippen molar-refractivity contribution in [1.29, 1.82) is 0 Å². The molecule has 2 atom stereocenters. The molecular weight excluding hydrogens is 258 g/mol. The van der Waals surface area contributed by atoms with Crippen molar-refractivity contribution < 1.29 is 19.4 Å². The second kappa shape index (κ2) is 6.41. The molecule has 0 radical (unpaired) electrons. The lowest BCUT2D eigenvalue weighted by Crippen LogP contribution is -2.40. The van der Waals surface area contributed by atoms with Crippen LogP contribution >= 0.6 is 0 Å². The normalized spacial score (nSPS) is 13.4. The van der Waals surface area contributed by atoms with Gasteiger partial charge in [-0.2, -0.15) is 0 Å². The maximum Gasteiger partial charge on any atom is 0.308 e. The zero-order chi connectivity index (χ0) is 15.4. The molecule has 1 rings (SSSR count). The van der Waals surface area contributed by atoms with Crippen molar-refractivity contribution >= 4 is 11.9 Å². The number of carbonyl (C=O) groups is 2. The van der Waals surface area contributed by atoms with Gasteiger partial charge in [-0.3, -0.25) is 9.59 Å². The van der Waals surface area contributed by atoms with E-state index in [-0.39, 0.29) is 5.91 Å². The third-order valence-corrected chi connectivity index (χ3v) is 3.42. The fraction of sp³-hybridized carbons (Fsp3) is 0.467. The van der Waals surface area contributed by atoms with E-state index in [0.717, 1.165) is 16.9 Å². The van der Waals surface area contributed by atoms with Gasteiger partial charge in [0.2, 0.25) is 0 Å². The molecule has 2 N–H and O–H groups in total. The minimum Gasteiger partial charge on any atom is -0.496 e. The van der Waals surface area contributed by atoms with Crippen LogP contribution in [0.2, 0.25) is 0 Å². The highest BCUT2D eigenvalue weighted by atomic mass is 16.5. The maximum atomic E-state index is 12.1. The third kappa shape index (κ3) is 3.50. The second-order valence-electron chi connectivity index (χ2n) is 5.03. The van der Waals surface area contributed by atoms with E-state index in [2.05, 4.69) is 5.32 Å². The predicted molar refractivity (Wildman–Crippen MR) is 76.2 cm³/mol. The highest BCUT2D eigenvalue weighted by Crippen LogP contribution is 2.24. The smallest absolute Gasteiger partial charge is 0.308 e. The highest BCUT2D eigenvalue weighted by Gasteiger charge is 2.22. The summed E-state index contributed by atoms with van der Waals surface area (Å²) in [6.07, 6.45) is 0. The van der Waals surface area contributed by atoms with E-state index in [4.69, 9.17) is 9.84 Å². The van der Waals surface area contributed by atoms with Crippen molar-refractivity contribution in [2.75, 3.05) is 7.11 Å². The Hall–Kier alpha value is -2.04. The zero-order valence-corrected chi connectivity index (χ0v) is 12.5. The van der Waals surface area contributed by atoms with Crippen LogP contribution in [0, 0.1) is 19.8 Å². The number of nitrogens with one attached hydrogen (secondary N) is 1. The first kappa shape index (κ1) is 16.0. The Labute approximate surface area is 118 Å². The average molecular weight is 279 g/mol. The zero-order valence-electron chi connectivity index (χ0n) is 12.5. The number of rotatable bonds is 5. The molecule has 0 aliphatic heterocycles. The fourth-order valence-electron chi connectivity index (χ4n) is 2.03. The van der Waals surface area contributed by atoms with Crippen LogP contribution in [0.4, 0.5) is 0 Å². The summed E-state index contributed by atoms with van der Waals surface area (Å²) < 4.78 is 5.25. The average Bonchev–Trinajstić information content (AvgIpc) is 2.36. The van der Waals surface area contributed by atoms with Crippen molar-refractivity contribution in [2.24, 2.45) is 5.92 Å². The summed E-state index contributed by atoms with van der Waals surface area (Å²) in [4.78, 5) is 23.0. The number of hydrogen-bond donors (Lipinski definition) is 2. The van der Waals surface area contributed by atoms with Gasteiger partial charge in [0.05, 0.1) is 13.0 Å². The largest absolute Gasteiger partial charge is 0.496 e. The van der Waals surface area contributed by atoms with E-state index < -0.39 is 17.9 Å². The van der Waals surface area contributed by atoms with Crippen molar-refractivity contribution in [3.63, 3.8) is 0 Å². The van der Waals surface area contributed by atoms with Gasteiger partial charge in [0.1, 0.15) is 5.75 Å². The van der Waals surface area contributed by atoms with E-state index in [0.29, 0.717) is 5.56 Å². The van der Waals surface area contributed by atoms with Crippen molar-refractivity contribution in [1.82, 2.24) is 5.32 Å². The van der Waals surface area contributed by atoms with Gasteiger partial charge in [0.25, 0.3) is 5.91 Å². The molecule has 1 amide bonds. The molecule has 0 aromatic heterocycles. The number of benzene rings is 1. The van der Waals surface area contributed by atoms with E-state index in [1.165, 1.54) is 0 Å². The third-order valence-electron chi connectivity index (χ3n) is 3.42. The molecule has 0 saturated heterocycles. The predicted octanol–water partition coefficient (Wildman–Crippen LogP) is 2.15. The minimum atomic E-state index is -0.931. The number of aryl methyl sites for hydroxylation is 2. The van der Waals surface area contributed by atoms with Crippen LogP contribution in [0.5, 0.6) is 5.75 Å². The summed E-state index contributed by atoms with van der Waals surface area (Å²) in [5, 5.41) is 11.6. The topological polar surface area (TPSA) is 75.6 Å². The summed E-state index contributed by atoms with van der Waals surface area (Å²) in [7, 11) is 1.59. The quantitative estimate of drug-likeness (QED) is 0.866.